The van der Waals surface area contributed by atoms with Gasteiger partial charge in [0.05, 0.1) is 38.1 Å². The van der Waals surface area contributed by atoms with Crippen molar-refractivity contribution in [3.05, 3.63) is 0 Å². The molecule has 0 rings (SSSR count). The molecule has 0 fully saturated rings. The van der Waals surface area contributed by atoms with Crippen LogP contribution in [0.1, 0.15) is 119 Å². The number of carbonyl (C=O) groups excluding carboxylic acids is 6. The van der Waals surface area contributed by atoms with E-state index in [1.54, 1.807) is 41.5 Å². The highest BCUT2D eigenvalue weighted by atomic mass is 16.6. The summed E-state index contributed by atoms with van der Waals surface area (Å²) in [6.45, 7) is 10.1. The number of esters is 2. The number of amides is 1. The molecule has 20 nitrogen and oxygen atoms in total. The standard InChI is InChI=1S/C40H64N2O18/c1-39(2,3)59-35(51)15-16-41-30(38(56)60-40(4,5)6)11-12-32(46)42-17-18-57-19-20-58-24-29(44)21-25(31(45)23-27(37(54)55)9-14-34(49)50)7-10-28(43)22-26(36(52)53)8-13-33(47)48/h25-27,30,41H,7-24H2,1-6H3,(H,42,46)(H,47,48)(H,49,50)(H,52,53)(H,54,55). The molecule has 4 atom stereocenters. The number of aliphatic carboxylic acids is 4. The van der Waals surface area contributed by atoms with Crippen molar-refractivity contribution in [3.8, 4) is 0 Å². The van der Waals surface area contributed by atoms with E-state index < -0.39 is 127 Å². The minimum Gasteiger partial charge on any atom is -0.481 e. The Morgan fingerprint density at radius 1 is 0.533 bits per heavy atom. The third-order valence-electron chi connectivity index (χ3n) is 8.43. The first-order valence-corrected chi connectivity index (χ1v) is 19.8. The maximum absolute atomic E-state index is 13.2. The highest BCUT2D eigenvalue weighted by Gasteiger charge is 2.30. The monoisotopic (exact) mass is 860 g/mol. The normalized spacial score (nSPS) is 13.6. The van der Waals surface area contributed by atoms with Gasteiger partial charge in [0.25, 0.3) is 0 Å². The highest BCUT2D eigenvalue weighted by Crippen LogP contribution is 2.23. The molecule has 0 aromatic heterocycles. The first-order valence-electron chi connectivity index (χ1n) is 19.8. The molecule has 342 valence electrons. The van der Waals surface area contributed by atoms with Crippen molar-refractivity contribution in [2.45, 2.75) is 136 Å². The van der Waals surface area contributed by atoms with Gasteiger partial charge in [-0.3, -0.25) is 47.9 Å². The molecule has 0 spiro atoms. The number of hydrogen-bond donors (Lipinski definition) is 6. The zero-order valence-corrected chi connectivity index (χ0v) is 35.5. The molecule has 20 heteroatoms. The van der Waals surface area contributed by atoms with Crippen molar-refractivity contribution in [1.29, 1.82) is 0 Å². The van der Waals surface area contributed by atoms with Crippen LogP contribution in [-0.2, 0) is 66.9 Å². The molecule has 4 unspecified atom stereocenters. The average molecular weight is 861 g/mol. The molecule has 0 saturated carbocycles. The Labute approximate surface area is 349 Å². The molecule has 0 heterocycles. The predicted molar refractivity (Wildman–Crippen MR) is 210 cm³/mol. The lowest BCUT2D eigenvalue weighted by atomic mass is 9.85. The Bertz CT molecular complexity index is 1460. The van der Waals surface area contributed by atoms with Crippen LogP contribution in [0.2, 0.25) is 0 Å². The first kappa shape index (κ1) is 55.2. The predicted octanol–water partition coefficient (Wildman–Crippen LogP) is 2.35. The van der Waals surface area contributed by atoms with Crippen molar-refractivity contribution in [2.24, 2.45) is 17.8 Å². The zero-order chi connectivity index (χ0) is 46.1. The molecular formula is C40H64N2O18. The molecule has 1 amide bonds. The van der Waals surface area contributed by atoms with Crippen LogP contribution in [0.4, 0.5) is 0 Å². The Morgan fingerprint density at radius 3 is 1.58 bits per heavy atom. The van der Waals surface area contributed by atoms with E-state index in [0.29, 0.717) is 0 Å². The van der Waals surface area contributed by atoms with Gasteiger partial charge in [-0.05, 0) is 67.2 Å². The van der Waals surface area contributed by atoms with Crippen LogP contribution in [0.3, 0.4) is 0 Å². The van der Waals surface area contributed by atoms with Gasteiger partial charge in [0.15, 0.2) is 5.78 Å². The van der Waals surface area contributed by atoms with Gasteiger partial charge in [0.2, 0.25) is 5.91 Å². The Kier molecular flexibility index (Phi) is 26.3. The van der Waals surface area contributed by atoms with Crippen molar-refractivity contribution in [1.82, 2.24) is 10.6 Å². The van der Waals surface area contributed by atoms with Crippen molar-refractivity contribution in [2.75, 3.05) is 39.5 Å². The second kappa shape index (κ2) is 28.6. The summed E-state index contributed by atoms with van der Waals surface area (Å²) < 4.78 is 21.5. The van der Waals surface area contributed by atoms with Gasteiger partial charge in [-0.15, -0.1) is 0 Å². The summed E-state index contributed by atoms with van der Waals surface area (Å²) in [4.78, 5) is 121. The fourth-order valence-electron chi connectivity index (χ4n) is 5.50. The minimum atomic E-state index is -1.41. The summed E-state index contributed by atoms with van der Waals surface area (Å²) in [7, 11) is 0. The Morgan fingerprint density at radius 2 is 1.05 bits per heavy atom. The fraction of sp³-hybridized carbons (Fsp3) is 0.750. The molecule has 0 aromatic rings. The maximum Gasteiger partial charge on any atom is 0.323 e. The lowest BCUT2D eigenvalue weighted by Crippen LogP contribution is -2.43. The van der Waals surface area contributed by atoms with E-state index in [9.17, 15) is 58.2 Å². The summed E-state index contributed by atoms with van der Waals surface area (Å²) in [5.74, 6) is -12.3. The van der Waals surface area contributed by atoms with Gasteiger partial charge in [-0.2, -0.15) is 0 Å². The molecule has 0 aliphatic rings. The molecule has 0 bridgehead atoms. The molecule has 0 radical (unpaired) electrons. The smallest absolute Gasteiger partial charge is 0.323 e. The minimum absolute atomic E-state index is 0.00468. The van der Waals surface area contributed by atoms with E-state index in [1.165, 1.54) is 0 Å². The van der Waals surface area contributed by atoms with Crippen LogP contribution in [0.15, 0.2) is 0 Å². The number of carboxylic acids is 4. The molecule has 0 aliphatic heterocycles. The number of carboxylic acid groups (broad SMARTS) is 4. The quantitative estimate of drug-likeness (QED) is 0.0399. The van der Waals surface area contributed by atoms with E-state index in [2.05, 4.69) is 10.6 Å². The third kappa shape index (κ3) is 29.4. The van der Waals surface area contributed by atoms with Gasteiger partial charge in [-0.1, -0.05) is 0 Å². The van der Waals surface area contributed by atoms with E-state index in [4.69, 9.17) is 29.2 Å². The van der Waals surface area contributed by atoms with E-state index in [0.717, 1.165) is 0 Å². The number of Topliss-reactive ketones (excluding diaryl/α,β-unsaturated/α-hetero) is 3. The summed E-state index contributed by atoms with van der Waals surface area (Å²) in [5, 5.41) is 42.3. The highest BCUT2D eigenvalue weighted by molar-refractivity contribution is 5.91. The zero-order valence-electron chi connectivity index (χ0n) is 35.5. The largest absolute Gasteiger partial charge is 0.481 e. The fourth-order valence-corrected chi connectivity index (χ4v) is 5.50. The number of ketones is 3. The number of rotatable bonds is 34. The van der Waals surface area contributed by atoms with E-state index in [-0.39, 0.29) is 83.8 Å². The Hall–Kier alpha value is -4.82. The first-order chi connectivity index (χ1) is 27.8. The van der Waals surface area contributed by atoms with Crippen LogP contribution in [0.25, 0.3) is 0 Å². The van der Waals surface area contributed by atoms with Gasteiger partial charge in [-0.25, -0.2) is 0 Å². The molecule has 6 N–H and O–H groups in total. The topological polar surface area (TPSA) is 313 Å². The van der Waals surface area contributed by atoms with Gasteiger partial charge in [0, 0.05) is 64.0 Å². The number of ether oxygens (including phenoxy) is 4. The maximum atomic E-state index is 13.2. The van der Waals surface area contributed by atoms with Crippen molar-refractivity contribution in [3.63, 3.8) is 0 Å². The molecule has 60 heavy (non-hydrogen) atoms. The van der Waals surface area contributed by atoms with Crippen LogP contribution < -0.4 is 10.6 Å². The van der Waals surface area contributed by atoms with Crippen LogP contribution in [0, 0.1) is 17.8 Å². The summed E-state index contributed by atoms with van der Waals surface area (Å²) in [6.07, 6.45) is -3.74. The van der Waals surface area contributed by atoms with Gasteiger partial charge >= 0.3 is 35.8 Å². The van der Waals surface area contributed by atoms with Gasteiger partial charge < -0.3 is 50.0 Å². The molecule has 0 aliphatic carbocycles. The molecular weight excluding hydrogens is 796 g/mol. The second-order valence-corrected chi connectivity index (χ2v) is 16.3. The third-order valence-corrected chi connectivity index (χ3v) is 8.43. The SMILES string of the molecule is CC(C)(C)OC(=O)CCNC(CCC(=O)NCCOCCOCC(=O)CC(CCC(=O)CC(CCC(=O)O)C(=O)O)C(=O)CC(CCC(=O)O)C(=O)O)C(=O)OC(C)(C)C. The Balaban J connectivity index is 5.00. The van der Waals surface area contributed by atoms with Gasteiger partial charge in [0.1, 0.15) is 35.4 Å². The molecule has 0 aromatic carbocycles. The summed E-state index contributed by atoms with van der Waals surface area (Å²) in [5.41, 5.74) is -1.43. The van der Waals surface area contributed by atoms with E-state index >= 15 is 0 Å². The second-order valence-electron chi connectivity index (χ2n) is 16.3. The number of hydrogen-bond acceptors (Lipinski definition) is 15. The van der Waals surface area contributed by atoms with Crippen molar-refractivity contribution >= 4 is 59.1 Å². The van der Waals surface area contributed by atoms with E-state index in [1.807, 2.05) is 0 Å². The van der Waals surface area contributed by atoms with Crippen LogP contribution >= 0.6 is 0 Å². The lowest BCUT2D eigenvalue weighted by molar-refractivity contribution is -0.159. The average Bonchev–Trinajstić information content (AvgIpc) is 3.10. The lowest BCUT2D eigenvalue weighted by Gasteiger charge is -2.25. The van der Waals surface area contributed by atoms with Crippen LogP contribution in [0.5, 0.6) is 0 Å². The number of carbonyl (C=O) groups is 10. The van der Waals surface area contributed by atoms with Crippen molar-refractivity contribution < 1.29 is 87.3 Å². The number of nitrogens with one attached hydrogen (secondary N) is 2. The summed E-state index contributed by atoms with van der Waals surface area (Å²) in [6, 6.07) is -0.858. The van der Waals surface area contributed by atoms with Crippen LogP contribution in [-0.4, -0.2) is 136 Å². The molecule has 0 saturated heterocycles. The summed E-state index contributed by atoms with van der Waals surface area (Å²) >= 11 is 0.